The highest BCUT2D eigenvalue weighted by Gasteiger charge is 2.53. The average Bonchev–Trinajstić information content (AvgIpc) is 2.80. The smallest absolute Gasteiger partial charge is 0.327 e. The summed E-state index contributed by atoms with van der Waals surface area (Å²) in [5.74, 6) is -0.321. The van der Waals surface area contributed by atoms with E-state index in [4.69, 9.17) is 16.3 Å². The summed E-state index contributed by atoms with van der Waals surface area (Å²) in [5, 5.41) is 0. The van der Waals surface area contributed by atoms with E-state index >= 15 is 0 Å². The molecule has 0 aromatic heterocycles. The van der Waals surface area contributed by atoms with Crippen molar-refractivity contribution in [2.45, 2.75) is 36.3 Å². The lowest BCUT2D eigenvalue weighted by atomic mass is 9.88. The topological polar surface area (TPSA) is 38.8 Å². The fourth-order valence-corrected chi connectivity index (χ4v) is 2.11. The summed E-state index contributed by atoms with van der Waals surface area (Å²) in [4.78, 5) is 10.4. The van der Waals surface area contributed by atoms with Crippen LogP contribution >= 0.6 is 11.6 Å². The van der Waals surface area contributed by atoms with Gasteiger partial charge in [-0.2, -0.15) is 0 Å². The van der Waals surface area contributed by atoms with Crippen LogP contribution in [0.5, 0.6) is 0 Å². The van der Waals surface area contributed by atoms with Crippen molar-refractivity contribution in [1.29, 1.82) is 0 Å². The van der Waals surface area contributed by atoms with Gasteiger partial charge < -0.3 is 9.47 Å². The SMILES string of the molecule is COC(=O)C1(Cl)CCC2OC2C1. The summed E-state index contributed by atoms with van der Waals surface area (Å²) in [7, 11) is 1.37. The molecule has 0 N–H and O–H groups in total. The number of alkyl halides is 1. The van der Waals surface area contributed by atoms with Crippen LogP contribution in [0.4, 0.5) is 0 Å². The molecule has 4 heteroatoms. The Kier molecular flexibility index (Phi) is 1.81. The van der Waals surface area contributed by atoms with Gasteiger partial charge in [0.25, 0.3) is 0 Å². The van der Waals surface area contributed by atoms with Gasteiger partial charge >= 0.3 is 5.97 Å². The van der Waals surface area contributed by atoms with Crippen molar-refractivity contribution >= 4 is 17.6 Å². The summed E-state index contributed by atoms with van der Waals surface area (Å²) in [6.45, 7) is 0. The predicted octanol–water partition coefficient (Wildman–Crippen LogP) is 1.09. The second kappa shape index (κ2) is 2.60. The number of ether oxygens (including phenoxy) is 2. The quantitative estimate of drug-likeness (QED) is 0.353. The maximum Gasteiger partial charge on any atom is 0.327 e. The average molecular weight is 191 g/mol. The van der Waals surface area contributed by atoms with Crippen molar-refractivity contribution in [3.63, 3.8) is 0 Å². The van der Waals surface area contributed by atoms with Crippen molar-refractivity contribution < 1.29 is 14.3 Å². The zero-order valence-electron chi connectivity index (χ0n) is 6.88. The van der Waals surface area contributed by atoms with Gasteiger partial charge in [0, 0.05) is 6.42 Å². The van der Waals surface area contributed by atoms with Crippen LogP contribution in [0.2, 0.25) is 0 Å². The number of hydrogen-bond acceptors (Lipinski definition) is 3. The molecule has 0 spiro atoms. The number of epoxide rings is 1. The van der Waals surface area contributed by atoms with Crippen LogP contribution in [0.3, 0.4) is 0 Å². The molecular weight excluding hydrogens is 180 g/mol. The Morgan fingerprint density at radius 2 is 2.42 bits per heavy atom. The molecule has 3 unspecified atom stereocenters. The highest BCUT2D eigenvalue weighted by molar-refractivity contribution is 6.34. The van der Waals surface area contributed by atoms with Gasteiger partial charge in [0.05, 0.1) is 19.3 Å². The summed E-state index contributed by atoms with van der Waals surface area (Å²) >= 11 is 6.09. The van der Waals surface area contributed by atoms with Crippen LogP contribution < -0.4 is 0 Å². The normalized spacial score (nSPS) is 44.8. The van der Waals surface area contributed by atoms with Crippen molar-refractivity contribution in [2.75, 3.05) is 7.11 Å². The molecule has 2 fully saturated rings. The zero-order chi connectivity index (χ0) is 8.77. The molecule has 3 nitrogen and oxygen atoms in total. The van der Waals surface area contributed by atoms with Crippen LogP contribution in [-0.2, 0) is 14.3 Å². The molecule has 1 heterocycles. The first-order valence-electron chi connectivity index (χ1n) is 4.08. The van der Waals surface area contributed by atoms with Crippen LogP contribution in [0.25, 0.3) is 0 Å². The van der Waals surface area contributed by atoms with Gasteiger partial charge in [-0.1, -0.05) is 0 Å². The second-order valence-electron chi connectivity index (χ2n) is 3.41. The van der Waals surface area contributed by atoms with Crippen molar-refractivity contribution in [1.82, 2.24) is 0 Å². The number of methoxy groups -OCH3 is 1. The van der Waals surface area contributed by atoms with E-state index in [1.807, 2.05) is 0 Å². The Balaban J connectivity index is 2.04. The van der Waals surface area contributed by atoms with Gasteiger partial charge in [-0.25, -0.2) is 0 Å². The zero-order valence-corrected chi connectivity index (χ0v) is 7.63. The van der Waals surface area contributed by atoms with E-state index in [1.54, 1.807) is 0 Å². The van der Waals surface area contributed by atoms with E-state index in [9.17, 15) is 4.79 Å². The predicted molar refractivity (Wildman–Crippen MR) is 43.1 cm³/mol. The fraction of sp³-hybridized carbons (Fsp3) is 0.875. The number of fused-ring (bicyclic) bond motifs is 1. The molecular formula is C8H11ClO3. The van der Waals surface area contributed by atoms with Gasteiger partial charge in [0.1, 0.15) is 4.87 Å². The summed E-state index contributed by atoms with van der Waals surface area (Å²) in [6, 6.07) is 0. The van der Waals surface area contributed by atoms with E-state index in [0.29, 0.717) is 18.9 Å². The lowest BCUT2D eigenvalue weighted by Gasteiger charge is -2.25. The first kappa shape index (κ1) is 8.32. The van der Waals surface area contributed by atoms with E-state index in [2.05, 4.69) is 4.74 Å². The fourth-order valence-electron chi connectivity index (χ4n) is 1.77. The standard InChI is InChI=1S/C8H11ClO3/c1-11-7(10)8(9)3-2-5-6(4-8)12-5/h5-6H,2-4H2,1H3. The molecule has 1 saturated carbocycles. The molecule has 1 saturated heterocycles. The Morgan fingerprint density at radius 3 is 3.00 bits per heavy atom. The Morgan fingerprint density at radius 1 is 1.67 bits per heavy atom. The third-order valence-corrected chi connectivity index (χ3v) is 3.09. The minimum atomic E-state index is -0.813. The first-order chi connectivity index (χ1) is 5.65. The molecule has 3 atom stereocenters. The maximum absolute atomic E-state index is 11.2. The van der Waals surface area contributed by atoms with E-state index in [0.717, 1.165) is 6.42 Å². The monoisotopic (exact) mass is 190 g/mol. The Bertz CT molecular complexity index is 218. The van der Waals surface area contributed by atoms with Gasteiger partial charge in [0.15, 0.2) is 0 Å². The van der Waals surface area contributed by atoms with Gasteiger partial charge in [-0.05, 0) is 12.8 Å². The van der Waals surface area contributed by atoms with Gasteiger partial charge in [0.2, 0.25) is 0 Å². The van der Waals surface area contributed by atoms with E-state index in [1.165, 1.54) is 7.11 Å². The van der Waals surface area contributed by atoms with Crippen molar-refractivity contribution in [2.24, 2.45) is 0 Å². The second-order valence-corrected chi connectivity index (χ2v) is 4.14. The number of halogens is 1. The summed E-state index contributed by atoms with van der Waals surface area (Å²) in [5.41, 5.74) is 0. The molecule has 0 aromatic carbocycles. The van der Waals surface area contributed by atoms with E-state index < -0.39 is 4.87 Å². The summed E-state index contributed by atoms with van der Waals surface area (Å²) in [6.07, 6.45) is 2.72. The van der Waals surface area contributed by atoms with Gasteiger partial charge in [-0.3, -0.25) is 4.79 Å². The van der Waals surface area contributed by atoms with Crippen LogP contribution in [0, 0.1) is 0 Å². The summed E-state index contributed by atoms with van der Waals surface area (Å²) < 4.78 is 9.91. The molecule has 0 aromatic rings. The number of carbonyl (C=O) groups excluding carboxylic acids is 1. The Hall–Kier alpha value is -0.280. The third-order valence-electron chi connectivity index (χ3n) is 2.59. The lowest BCUT2D eigenvalue weighted by Crippen LogP contribution is -2.38. The number of hydrogen-bond donors (Lipinski definition) is 0. The number of esters is 1. The van der Waals surface area contributed by atoms with Crippen LogP contribution in [-0.4, -0.2) is 30.2 Å². The minimum absolute atomic E-state index is 0.204. The number of rotatable bonds is 1. The first-order valence-corrected chi connectivity index (χ1v) is 4.46. The Labute approximate surface area is 76.0 Å². The highest BCUT2D eigenvalue weighted by Crippen LogP contribution is 2.45. The van der Waals surface area contributed by atoms with Crippen LogP contribution in [0.15, 0.2) is 0 Å². The molecule has 12 heavy (non-hydrogen) atoms. The molecule has 1 aliphatic carbocycles. The minimum Gasteiger partial charge on any atom is -0.468 e. The molecule has 1 aliphatic heterocycles. The molecule has 2 aliphatic rings. The van der Waals surface area contributed by atoms with Crippen molar-refractivity contribution in [3.05, 3.63) is 0 Å². The van der Waals surface area contributed by atoms with Gasteiger partial charge in [-0.15, -0.1) is 11.6 Å². The maximum atomic E-state index is 11.2. The highest BCUT2D eigenvalue weighted by atomic mass is 35.5. The molecule has 0 radical (unpaired) electrons. The van der Waals surface area contributed by atoms with Crippen LogP contribution in [0.1, 0.15) is 19.3 Å². The molecule has 68 valence electrons. The van der Waals surface area contributed by atoms with E-state index in [-0.39, 0.29) is 12.1 Å². The largest absolute Gasteiger partial charge is 0.468 e. The molecule has 2 rings (SSSR count). The lowest BCUT2D eigenvalue weighted by molar-refractivity contribution is -0.144. The molecule has 0 bridgehead atoms. The molecule has 0 amide bonds. The third kappa shape index (κ3) is 1.21. The number of carbonyl (C=O) groups is 1. The van der Waals surface area contributed by atoms with Crippen molar-refractivity contribution in [3.8, 4) is 0 Å².